The summed E-state index contributed by atoms with van der Waals surface area (Å²) in [7, 11) is 1.63. The van der Waals surface area contributed by atoms with E-state index >= 15 is 0 Å². The number of thiazole rings is 1. The van der Waals surface area contributed by atoms with E-state index in [2.05, 4.69) is 11.6 Å². The Balaban J connectivity index is 2.29. The average Bonchev–Trinajstić information content (AvgIpc) is 2.52. The van der Waals surface area contributed by atoms with Gasteiger partial charge in [-0.3, -0.25) is 0 Å². The van der Waals surface area contributed by atoms with Gasteiger partial charge >= 0.3 is 0 Å². The van der Waals surface area contributed by atoms with Crippen LogP contribution >= 0.6 is 23.1 Å². The third-order valence-electron chi connectivity index (χ3n) is 1.05. The van der Waals surface area contributed by atoms with Crippen molar-refractivity contribution in [3.05, 3.63) is 23.9 Å². The first-order valence-electron chi connectivity index (χ1n) is 3.07. The zero-order chi connectivity index (χ0) is 8.10. The van der Waals surface area contributed by atoms with Gasteiger partial charge in [0.1, 0.15) is 4.34 Å². The van der Waals surface area contributed by atoms with E-state index < -0.39 is 0 Å². The van der Waals surface area contributed by atoms with Crippen molar-refractivity contribution in [2.45, 2.75) is 4.34 Å². The van der Waals surface area contributed by atoms with Gasteiger partial charge in [0.05, 0.1) is 18.6 Å². The van der Waals surface area contributed by atoms with Crippen molar-refractivity contribution < 1.29 is 4.74 Å². The second kappa shape index (κ2) is 4.41. The highest BCUT2D eigenvalue weighted by molar-refractivity contribution is 8.01. The largest absolute Gasteiger partial charge is 0.501 e. The van der Waals surface area contributed by atoms with Crippen LogP contribution in [0, 0.1) is 0 Å². The highest BCUT2D eigenvalue weighted by atomic mass is 32.2. The Hall–Kier alpha value is -0.480. The van der Waals surface area contributed by atoms with Gasteiger partial charge in [0.25, 0.3) is 0 Å². The van der Waals surface area contributed by atoms with E-state index in [4.69, 9.17) is 4.74 Å². The van der Waals surface area contributed by atoms with Crippen molar-refractivity contribution in [3.63, 3.8) is 0 Å². The summed E-state index contributed by atoms with van der Waals surface area (Å²) in [6, 6.07) is 0. The van der Waals surface area contributed by atoms with E-state index in [1.54, 1.807) is 36.4 Å². The third-order valence-corrected chi connectivity index (χ3v) is 3.08. The minimum atomic E-state index is 0.782. The summed E-state index contributed by atoms with van der Waals surface area (Å²) in [5.41, 5.74) is 0. The molecule has 0 fully saturated rings. The maximum atomic E-state index is 4.91. The zero-order valence-electron chi connectivity index (χ0n) is 6.24. The molecule has 60 valence electrons. The summed E-state index contributed by atoms with van der Waals surface area (Å²) in [4.78, 5) is 4.11. The molecule has 0 saturated heterocycles. The molecule has 0 spiro atoms. The van der Waals surface area contributed by atoms with E-state index in [1.165, 1.54) is 0 Å². The Morgan fingerprint density at radius 2 is 2.73 bits per heavy atom. The lowest BCUT2D eigenvalue weighted by molar-refractivity contribution is 0.298. The van der Waals surface area contributed by atoms with Gasteiger partial charge in [-0.2, -0.15) is 0 Å². The van der Waals surface area contributed by atoms with Gasteiger partial charge in [-0.05, 0) is 0 Å². The molecule has 2 nitrogen and oxygen atoms in total. The quantitative estimate of drug-likeness (QED) is 0.534. The van der Waals surface area contributed by atoms with Crippen LogP contribution in [0.4, 0.5) is 0 Å². The number of thioether (sulfide) groups is 1. The van der Waals surface area contributed by atoms with E-state index in [0.717, 1.165) is 15.9 Å². The smallest absolute Gasteiger partial charge is 0.150 e. The maximum absolute atomic E-state index is 4.91. The van der Waals surface area contributed by atoms with Crippen LogP contribution in [0.2, 0.25) is 0 Å². The third kappa shape index (κ3) is 2.95. The van der Waals surface area contributed by atoms with Gasteiger partial charge in [-0.15, -0.1) is 11.3 Å². The van der Waals surface area contributed by atoms with E-state index in [9.17, 15) is 0 Å². The molecule has 0 unspecified atom stereocenters. The predicted octanol–water partition coefficient (Wildman–Crippen LogP) is 2.40. The van der Waals surface area contributed by atoms with Crippen molar-refractivity contribution in [3.8, 4) is 0 Å². The topological polar surface area (TPSA) is 22.1 Å². The lowest BCUT2D eigenvalue weighted by Crippen LogP contribution is -1.86. The highest BCUT2D eigenvalue weighted by Crippen LogP contribution is 2.21. The molecule has 1 rings (SSSR count). The fourth-order valence-corrected chi connectivity index (χ4v) is 2.00. The SMILES string of the molecule is C=C(CSc1nccs1)OC. The molecular formula is C7H9NOS2. The Morgan fingerprint density at radius 3 is 3.27 bits per heavy atom. The second-order valence-corrected chi connectivity index (χ2v) is 3.95. The molecule has 1 aromatic rings. The summed E-state index contributed by atoms with van der Waals surface area (Å²) < 4.78 is 5.97. The number of rotatable bonds is 4. The van der Waals surface area contributed by atoms with Gasteiger partial charge in [-0.1, -0.05) is 18.3 Å². The predicted molar refractivity (Wildman–Crippen MR) is 49.0 cm³/mol. The van der Waals surface area contributed by atoms with Crippen LogP contribution in [0.3, 0.4) is 0 Å². The van der Waals surface area contributed by atoms with Crippen LogP contribution < -0.4 is 0 Å². The molecule has 4 heteroatoms. The first-order valence-corrected chi connectivity index (χ1v) is 4.93. The second-order valence-electron chi connectivity index (χ2n) is 1.83. The number of methoxy groups -OCH3 is 1. The summed E-state index contributed by atoms with van der Waals surface area (Å²) in [5.74, 6) is 1.56. The highest BCUT2D eigenvalue weighted by Gasteiger charge is 1.97. The van der Waals surface area contributed by atoms with Crippen molar-refractivity contribution in [2.75, 3.05) is 12.9 Å². The van der Waals surface area contributed by atoms with Gasteiger partial charge < -0.3 is 4.74 Å². The summed E-state index contributed by atoms with van der Waals surface area (Å²) >= 11 is 3.27. The minimum absolute atomic E-state index is 0.782. The first kappa shape index (κ1) is 8.62. The van der Waals surface area contributed by atoms with E-state index in [-0.39, 0.29) is 0 Å². The lowest BCUT2D eigenvalue weighted by Gasteiger charge is -2.00. The molecule has 0 aliphatic rings. The Labute approximate surface area is 74.3 Å². The van der Waals surface area contributed by atoms with Gasteiger partial charge in [0.2, 0.25) is 0 Å². The van der Waals surface area contributed by atoms with Gasteiger partial charge in [0, 0.05) is 11.6 Å². The normalized spacial score (nSPS) is 9.55. The van der Waals surface area contributed by atoms with E-state index in [1.807, 2.05) is 5.38 Å². The average molecular weight is 187 g/mol. The monoisotopic (exact) mass is 187 g/mol. The van der Waals surface area contributed by atoms with Crippen molar-refractivity contribution >= 4 is 23.1 Å². The Morgan fingerprint density at radius 1 is 1.91 bits per heavy atom. The van der Waals surface area contributed by atoms with Crippen LogP contribution in [0.5, 0.6) is 0 Å². The van der Waals surface area contributed by atoms with Crippen LogP contribution in [0.1, 0.15) is 0 Å². The number of hydrogen-bond donors (Lipinski definition) is 0. The number of aromatic nitrogens is 1. The van der Waals surface area contributed by atoms with Crippen molar-refractivity contribution in [1.29, 1.82) is 0 Å². The first-order chi connectivity index (χ1) is 5.33. The molecule has 0 aliphatic carbocycles. The molecule has 0 radical (unpaired) electrons. The van der Waals surface area contributed by atoms with Crippen LogP contribution in [0.25, 0.3) is 0 Å². The fourth-order valence-electron chi connectivity index (χ4n) is 0.483. The number of hydrogen-bond acceptors (Lipinski definition) is 4. The maximum Gasteiger partial charge on any atom is 0.150 e. The molecule has 0 saturated carbocycles. The molecular weight excluding hydrogens is 178 g/mol. The van der Waals surface area contributed by atoms with Crippen LogP contribution in [-0.4, -0.2) is 17.8 Å². The van der Waals surface area contributed by atoms with Gasteiger partial charge in [-0.25, -0.2) is 4.98 Å². The van der Waals surface area contributed by atoms with Crippen LogP contribution in [0.15, 0.2) is 28.3 Å². The summed E-state index contributed by atoms with van der Waals surface area (Å²) in [6.45, 7) is 3.71. The molecule has 0 atom stereocenters. The standard InChI is InChI=1S/C7H9NOS2/c1-6(9-2)5-11-7-8-3-4-10-7/h3-4H,1,5H2,2H3. The molecule has 0 aliphatic heterocycles. The number of nitrogens with zero attached hydrogens (tertiary/aromatic N) is 1. The molecule has 11 heavy (non-hydrogen) atoms. The fraction of sp³-hybridized carbons (Fsp3) is 0.286. The zero-order valence-corrected chi connectivity index (χ0v) is 7.87. The number of ether oxygens (including phenoxy) is 1. The van der Waals surface area contributed by atoms with Gasteiger partial charge in [0.15, 0.2) is 0 Å². The molecule has 1 aromatic heterocycles. The summed E-state index contributed by atoms with van der Waals surface area (Å²) in [6.07, 6.45) is 1.79. The minimum Gasteiger partial charge on any atom is -0.501 e. The molecule has 0 amide bonds. The lowest BCUT2D eigenvalue weighted by atomic mass is 10.7. The van der Waals surface area contributed by atoms with Crippen molar-refractivity contribution in [1.82, 2.24) is 4.98 Å². The van der Waals surface area contributed by atoms with Crippen LogP contribution in [-0.2, 0) is 4.74 Å². The molecule has 0 bridgehead atoms. The molecule has 0 aromatic carbocycles. The molecule has 0 N–H and O–H groups in total. The summed E-state index contributed by atoms with van der Waals surface area (Å²) in [5, 5.41) is 1.96. The van der Waals surface area contributed by atoms with E-state index in [0.29, 0.717) is 0 Å². The Bertz CT molecular complexity index is 220. The van der Waals surface area contributed by atoms with Crippen molar-refractivity contribution in [2.24, 2.45) is 0 Å². The molecule has 1 heterocycles. The Kier molecular flexibility index (Phi) is 3.45.